The second-order valence-corrected chi connectivity index (χ2v) is 13.2. The molecule has 4 N–H and O–H groups in total. The average molecular weight is 697 g/mol. The molecule has 1 aliphatic carbocycles. The summed E-state index contributed by atoms with van der Waals surface area (Å²) in [6.45, 7) is 18.4. The Bertz CT molecular complexity index is 1040. The minimum absolute atomic E-state index is 0.286. The third-order valence-electron chi connectivity index (χ3n) is 6.19. The highest BCUT2D eigenvalue weighted by Gasteiger charge is 2.20. The van der Waals surface area contributed by atoms with Gasteiger partial charge in [-0.1, -0.05) is 43.8 Å². The van der Waals surface area contributed by atoms with Crippen LogP contribution in [0.15, 0.2) is 57.2 Å². The van der Waals surface area contributed by atoms with Gasteiger partial charge in [-0.05, 0) is 83.9 Å². The Balaban J connectivity index is 0. The number of hydrogen-bond donors (Lipinski definition) is 4. The van der Waals surface area contributed by atoms with Crippen LogP contribution in [-0.4, -0.2) is 90.0 Å². The van der Waals surface area contributed by atoms with Crippen molar-refractivity contribution in [3.05, 3.63) is 57.8 Å². The Hall–Kier alpha value is -2.25. The molecule has 1 amide bonds. The lowest BCUT2D eigenvalue weighted by molar-refractivity contribution is -0.118. The van der Waals surface area contributed by atoms with E-state index in [0.717, 1.165) is 66.5 Å². The molecule has 1 aromatic rings. The van der Waals surface area contributed by atoms with Crippen LogP contribution in [0, 0.1) is 12.3 Å². The van der Waals surface area contributed by atoms with E-state index in [1.54, 1.807) is 54.3 Å². The summed E-state index contributed by atoms with van der Waals surface area (Å²) >= 11 is 5.06. The van der Waals surface area contributed by atoms with Gasteiger partial charge in [0.15, 0.2) is 0 Å². The van der Waals surface area contributed by atoms with Crippen LogP contribution < -0.4 is 10.6 Å². The van der Waals surface area contributed by atoms with Crippen LogP contribution in [0.2, 0.25) is 0 Å². The largest absolute Gasteiger partial charge is 0.390 e. The summed E-state index contributed by atoms with van der Waals surface area (Å²) < 4.78 is 4.69. The molecule has 12 heteroatoms. The fourth-order valence-electron chi connectivity index (χ4n) is 3.79. The summed E-state index contributed by atoms with van der Waals surface area (Å²) in [4.78, 5) is 21.7. The van der Waals surface area contributed by atoms with Crippen molar-refractivity contribution >= 4 is 59.9 Å². The number of aliphatic hydroxyl groups is 1. The highest BCUT2D eigenvalue weighted by molar-refractivity contribution is 8.04. The summed E-state index contributed by atoms with van der Waals surface area (Å²) in [6, 6.07) is 4.31. The average Bonchev–Trinajstić information content (AvgIpc) is 3.40. The van der Waals surface area contributed by atoms with Crippen LogP contribution in [-0.2, 0) is 9.53 Å². The smallest absolute Gasteiger partial charge is 0.209 e. The number of ether oxygens (including phenoxy) is 1. The predicted octanol–water partition coefficient (Wildman–Crippen LogP) is 7.95. The number of anilines is 1. The zero-order valence-corrected chi connectivity index (χ0v) is 32.2. The number of pyridine rings is 1. The van der Waals surface area contributed by atoms with Crippen molar-refractivity contribution in [2.75, 3.05) is 44.0 Å². The molecule has 0 spiro atoms. The lowest BCUT2D eigenvalue weighted by atomic mass is 9.93. The van der Waals surface area contributed by atoms with Gasteiger partial charge >= 0.3 is 0 Å². The first-order valence-electron chi connectivity index (χ1n) is 15.6. The van der Waals surface area contributed by atoms with Crippen molar-refractivity contribution in [3.8, 4) is 0 Å². The van der Waals surface area contributed by atoms with E-state index in [-0.39, 0.29) is 12.1 Å². The number of aryl methyl sites for hydroxylation is 1. The van der Waals surface area contributed by atoms with E-state index in [2.05, 4.69) is 41.2 Å². The number of rotatable bonds is 12. The number of amides is 1. The van der Waals surface area contributed by atoms with E-state index in [1.807, 2.05) is 76.8 Å². The van der Waals surface area contributed by atoms with Gasteiger partial charge in [-0.15, -0.1) is 11.8 Å². The number of aliphatic hydroxyl groups excluding tert-OH is 1. The quantitative estimate of drug-likeness (QED) is 0.0567. The van der Waals surface area contributed by atoms with Gasteiger partial charge in [0.25, 0.3) is 0 Å². The number of allylic oxidation sites excluding steroid dienone is 3. The van der Waals surface area contributed by atoms with E-state index >= 15 is 0 Å². The predicted molar refractivity (Wildman–Crippen MR) is 207 cm³/mol. The number of nitrogens with zero attached hydrogens (tertiary/aromatic N) is 3. The minimum atomic E-state index is -0.296. The molecule has 1 fully saturated rings. The second kappa shape index (κ2) is 30.1. The first kappa shape index (κ1) is 45.9. The van der Waals surface area contributed by atoms with Gasteiger partial charge in [0.2, 0.25) is 6.41 Å². The third kappa shape index (κ3) is 22.3. The zero-order chi connectivity index (χ0) is 35.3. The summed E-state index contributed by atoms with van der Waals surface area (Å²) in [5.41, 5.74) is 4.04. The minimum Gasteiger partial charge on any atom is -0.390 e. The maximum Gasteiger partial charge on any atom is 0.209 e. The Morgan fingerprint density at radius 1 is 1.35 bits per heavy atom. The molecule has 0 bridgehead atoms. The van der Waals surface area contributed by atoms with Gasteiger partial charge in [-0.2, -0.15) is 11.8 Å². The molecule has 0 aromatic carbocycles. The number of carbonyl (C=O) groups is 1. The molecule has 3 rings (SSSR count). The number of carbonyl (C=O) groups excluding carboxylic acids is 1. The van der Waals surface area contributed by atoms with Crippen LogP contribution in [0.3, 0.4) is 0 Å². The van der Waals surface area contributed by atoms with E-state index in [0.29, 0.717) is 12.0 Å². The van der Waals surface area contributed by atoms with Crippen LogP contribution >= 0.6 is 35.3 Å². The number of nitrogens with one attached hydrogen (secondary N) is 3. The summed E-state index contributed by atoms with van der Waals surface area (Å²) in [5.74, 6) is 2.39. The first-order valence-corrected chi connectivity index (χ1v) is 18.9. The van der Waals surface area contributed by atoms with Crippen molar-refractivity contribution in [3.63, 3.8) is 0 Å². The number of aromatic nitrogens is 1. The number of thioether (sulfide) groups is 3. The molecular weight excluding hydrogens is 637 g/mol. The molecule has 2 heterocycles. The molecule has 3 atom stereocenters. The Kier molecular flexibility index (Phi) is 30.0. The molecule has 1 saturated carbocycles. The van der Waals surface area contributed by atoms with Crippen molar-refractivity contribution < 1.29 is 14.6 Å². The van der Waals surface area contributed by atoms with Crippen molar-refractivity contribution in [1.29, 1.82) is 5.41 Å². The normalized spacial score (nSPS) is 17.8. The molecule has 262 valence electrons. The lowest BCUT2D eigenvalue weighted by Gasteiger charge is -2.28. The van der Waals surface area contributed by atoms with E-state index in [4.69, 9.17) is 15.3 Å². The fourth-order valence-corrected chi connectivity index (χ4v) is 6.08. The van der Waals surface area contributed by atoms with Crippen LogP contribution in [0.1, 0.15) is 72.8 Å². The Morgan fingerprint density at radius 3 is 2.48 bits per heavy atom. The van der Waals surface area contributed by atoms with Crippen LogP contribution in [0.5, 0.6) is 0 Å². The van der Waals surface area contributed by atoms with Crippen LogP contribution in [0.25, 0.3) is 0 Å². The van der Waals surface area contributed by atoms with Gasteiger partial charge in [-0.3, -0.25) is 9.79 Å². The summed E-state index contributed by atoms with van der Waals surface area (Å²) in [5, 5.41) is 25.4. The van der Waals surface area contributed by atoms with Gasteiger partial charge in [0, 0.05) is 50.0 Å². The highest BCUT2D eigenvalue weighted by atomic mass is 32.2. The van der Waals surface area contributed by atoms with Gasteiger partial charge in [0.1, 0.15) is 5.82 Å². The Labute approximate surface area is 292 Å². The maximum absolute atomic E-state index is 10.4. The number of aliphatic imine (C=N–C) groups is 1. The van der Waals surface area contributed by atoms with E-state index in [1.165, 1.54) is 10.6 Å². The highest BCUT2D eigenvalue weighted by Crippen LogP contribution is 2.36. The van der Waals surface area contributed by atoms with Crippen LogP contribution in [0.4, 0.5) is 5.82 Å². The summed E-state index contributed by atoms with van der Waals surface area (Å²) in [7, 11) is 3.37. The molecule has 1 aliphatic heterocycles. The number of methoxy groups -OCH3 is 1. The Morgan fingerprint density at radius 2 is 2.02 bits per heavy atom. The van der Waals surface area contributed by atoms with Crippen molar-refractivity contribution in [2.45, 2.75) is 91.7 Å². The van der Waals surface area contributed by atoms with Gasteiger partial charge in [-0.25, -0.2) is 4.98 Å². The third-order valence-corrected chi connectivity index (χ3v) is 8.83. The summed E-state index contributed by atoms with van der Waals surface area (Å²) in [6.07, 6.45) is 12.2. The lowest BCUT2D eigenvalue weighted by Crippen LogP contribution is -2.34. The fraction of sp³-hybridized carbons (Fsp3) is 0.588. The zero-order valence-electron chi connectivity index (χ0n) is 29.8. The SMILES string of the molecule is C=N/C(=C\SCNc1ccc(C)cn1)C1=C(C)NC(C)S1.CC.CC=CC.CN(C=O)[C@@H]1CCCC(=N)C1.COCC(O)CSC. The topological polar surface area (TPSA) is 123 Å². The molecule has 0 saturated heterocycles. The first-order chi connectivity index (χ1) is 22.1. The van der Waals surface area contributed by atoms with E-state index < -0.39 is 0 Å². The molecule has 2 aliphatic rings. The van der Waals surface area contributed by atoms with E-state index in [9.17, 15) is 4.79 Å². The molecule has 9 nitrogen and oxygen atoms in total. The molecule has 2 unspecified atom stereocenters. The van der Waals surface area contributed by atoms with Gasteiger partial charge in [0.05, 0.1) is 34.6 Å². The maximum atomic E-state index is 10.4. The standard InChI is InChI=1S/C15H20N4S2.C8H14N2O.C5H12O2S.C4H8.C2H6/c1-10-5-6-14(17-7-10)18-9-20-8-13(16-4)15-11(2)19-12(3)21-15;1-10(6-11)8-4-2-3-7(9)5-8;1-7-3-5(6)4-8-2;1-3-4-2;1-2/h5-8,12,19H,4,9H2,1-3H3,(H,17,18);6,8-9H,2-5H2,1H3;5-6H,3-4H2,1-2H3;3-4H,1-2H3;1-2H3/b13-8-;;;;/t;8-;;;/m.1.../s1. The molecule has 1 aromatic heterocycles. The molecular formula is C34H60N6O3S3. The van der Waals surface area contributed by atoms with Crippen molar-refractivity contribution in [1.82, 2.24) is 15.2 Å². The molecule has 46 heavy (non-hydrogen) atoms. The second-order valence-electron chi connectivity index (χ2n) is 10.1. The van der Waals surface area contributed by atoms with Crippen molar-refractivity contribution in [2.24, 2.45) is 4.99 Å². The number of hydrogen-bond acceptors (Lipinski definition) is 11. The van der Waals surface area contributed by atoms with Gasteiger partial charge < -0.3 is 30.8 Å². The monoisotopic (exact) mass is 696 g/mol. The molecule has 0 radical (unpaired) electrons.